The van der Waals surface area contributed by atoms with Crippen molar-refractivity contribution >= 4 is 17.5 Å². The summed E-state index contributed by atoms with van der Waals surface area (Å²) in [6.07, 6.45) is 7.94. The number of fused-ring (bicyclic) bond motifs is 1. The number of rotatable bonds is 3. The molecular weight excluding hydrogens is 303 g/mol. The lowest BCUT2D eigenvalue weighted by atomic mass is 10.0. The molecule has 0 saturated heterocycles. The maximum atomic E-state index is 14.6. The summed E-state index contributed by atoms with van der Waals surface area (Å²) < 4.78 is 14.6. The fourth-order valence-electron chi connectivity index (χ4n) is 2.87. The minimum absolute atomic E-state index is 0.461. The van der Waals surface area contributed by atoms with Gasteiger partial charge in [0.1, 0.15) is 5.82 Å². The van der Waals surface area contributed by atoms with Crippen LogP contribution in [-0.2, 0) is 6.42 Å². The lowest BCUT2D eigenvalue weighted by molar-refractivity contribution is 0.581. The third-order valence-electron chi connectivity index (χ3n) is 4.16. The van der Waals surface area contributed by atoms with Crippen molar-refractivity contribution in [2.75, 3.05) is 12.4 Å². The molecule has 0 radical (unpaired) electrons. The molecule has 4 rings (SSSR count). The van der Waals surface area contributed by atoms with Gasteiger partial charge in [-0.25, -0.2) is 9.97 Å². The van der Waals surface area contributed by atoms with Gasteiger partial charge in [-0.05, 0) is 47.0 Å². The van der Waals surface area contributed by atoms with Crippen LogP contribution in [0, 0.1) is 5.95 Å². The van der Waals surface area contributed by atoms with Crippen molar-refractivity contribution in [3.8, 4) is 11.3 Å². The van der Waals surface area contributed by atoms with Gasteiger partial charge in [0.25, 0.3) is 0 Å². The summed E-state index contributed by atoms with van der Waals surface area (Å²) in [6.45, 7) is 0. The summed E-state index contributed by atoms with van der Waals surface area (Å²) in [5, 5.41) is 2.95. The number of halogens is 1. The summed E-state index contributed by atoms with van der Waals surface area (Å²) in [5.74, 6) is 0.301. The van der Waals surface area contributed by atoms with Crippen molar-refractivity contribution in [3.05, 3.63) is 71.6 Å². The lowest BCUT2D eigenvalue weighted by Gasteiger charge is -2.07. The molecule has 0 spiro atoms. The Morgan fingerprint density at radius 3 is 2.71 bits per heavy atom. The molecule has 0 atom stereocenters. The van der Waals surface area contributed by atoms with Crippen molar-refractivity contribution < 1.29 is 4.39 Å². The topological polar surface area (TPSA) is 50.7 Å². The number of aromatic nitrogens is 3. The van der Waals surface area contributed by atoms with Crippen LogP contribution < -0.4 is 5.32 Å². The molecule has 4 nitrogen and oxygen atoms in total. The van der Waals surface area contributed by atoms with E-state index in [1.165, 1.54) is 0 Å². The quantitative estimate of drug-likeness (QED) is 0.746. The standard InChI is InChI=1S/C19H15FN4/c1-21-18-5-2-13(11-23-18)17-4-3-16(19(20)24-17)14-8-12-6-7-22-10-15(12)9-14/h2-8,10-11H,9H2,1H3,(H,21,23). The Hall–Kier alpha value is -3.08. The summed E-state index contributed by atoms with van der Waals surface area (Å²) in [4.78, 5) is 12.5. The molecule has 0 unspecified atom stereocenters. The first kappa shape index (κ1) is 14.5. The average molecular weight is 318 g/mol. The second-order valence-corrected chi connectivity index (χ2v) is 5.64. The molecular formula is C19H15FN4. The number of hydrogen-bond donors (Lipinski definition) is 1. The largest absolute Gasteiger partial charge is 0.373 e. The van der Waals surface area contributed by atoms with Gasteiger partial charge in [0.15, 0.2) is 0 Å². The van der Waals surface area contributed by atoms with E-state index in [9.17, 15) is 4.39 Å². The highest BCUT2D eigenvalue weighted by atomic mass is 19.1. The highest BCUT2D eigenvalue weighted by molar-refractivity contribution is 5.88. The van der Waals surface area contributed by atoms with Crippen LogP contribution in [0.15, 0.2) is 48.9 Å². The fourth-order valence-corrected chi connectivity index (χ4v) is 2.87. The van der Waals surface area contributed by atoms with Gasteiger partial charge in [0.05, 0.1) is 5.69 Å². The maximum Gasteiger partial charge on any atom is 0.220 e. The van der Waals surface area contributed by atoms with E-state index in [0.717, 1.165) is 28.1 Å². The molecule has 118 valence electrons. The van der Waals surface area contributed by atoms with Crippen LogP contribution in [-0.4, -0.2) is 22.0 Å². The molecule has 0 amide bonds. The summed E-state index contributed by atoms with van der Waals surface area (Å²) in [5.41, 5.74) is 5.03. The molecule has 24 heavy (non-hydrogen) atoms. The predicted molar refractivity (Wildman–Crippen MR) is 92.8 cm³/mol. The van der Waals surface area contributed by atoms with Gasteiger partial charge in [-0.15, -0.1) is 0 Å². The zero-order chi connectivity index (χ0) is 16.5. The number of hydrogen-bond acceptors (Lipinski definition) is 4. The Morgan fingerprint density at radius 1 is 1.08 bits per heavy atom. The average Bonchev–Trinajstić information content (AvgIpc) is 3.05. The van der Waals surface area contributed by atoms with E-state index in [1.807, 2.05) is 36.5 Å². The third-order valence-corrected chi connectivity index (χ3v) is 4.16. The third kappa shape index (κ3) is 2.54. The van der Waals surface area contributed by atoms with E-state index < -0.39 is 5.95 Å². The minimum Gasteiger partial charge on any atom is -0.373 e. The summed E-state index contributed by atoms with van der Waals surface area (Å²) in [7, 11) is 1.80. The predicted octanol–water partition coefficient (Wildman–Crippen LogP) is 3.82. The molecule has 1 aliphatic rings. The Bertz CT molecular complexity index is 932. The Balaban J connectivity index is 1.66. The zero-order valence-corrected chi connectivity index (χ0v) is 13.1. The van der Waals surface area contributed by atoms with Crippen LogP contribution in [0.3, 0.4) is 0 Å². The van der Waals surface area contributed by atoms with Gasteiger partial charge < -0.3 is 5.32 Å². The number of nitrogens with one attached hydrogen (secondary N) is 1. The molecule has 3 aromatic rings. The molecule has 5 heteroatoms. The molecule has 3 aromatic heterocycles. The van der Waals surface area contributed by atoms with Crippen LogP contribution in [0.4, 0.5) is 10.2 Å². The van der Waals surface area contributed by atoms with Gasteiger partial charge >= 0.3 is 0 Å². The maximum absolute atomic E-state index is 14.6. The Kier molecular flexibility index (Phi) is 3.54. The van der Waals surface area contributed by atoms with E-state index >= 15 is 0 Å². The highest BCUT2D eigenvalue weighted by Gasteiger charge is 2.18. The first-order valence-electron chi connectivity index (χ1n) is 7.69. The van der Waals surface area contributed by atoms with Crippen LogP contribution in [0.25, 0.3) is 22.9 Å². The Morgan fingerprint density at radius 2 is 2.00 bits per heavy atom. The molecule has 0 aliphatic heterocycles. The van der Waals surface area contributed by atoms with Crippen molar-refractivity contribution in [2.24, 2.45) is 0 Å². The van der Waals surface area contributed by atoms with Gasteiger partial charge in [-0.3, -0.25) is 4.98 Å². The second-order valence-electron chi connectivity index (χ2n) is 5.64. The summed E-state index contributed by atoms with van der Waals surface area (Å²) in [6, 6.07) is 9.27. The van der Waals surface area contributed by atoms with Crippen LogP contribution in [0.5, 0.6) is 0 Å². The van der Waals surface area contributed by atoms with E-state index in [2.05, 4.69) is 20.3 Å². The molecule has 0 aromatic carbocycles. The number of pyridine rings is 3. The zero-order valence-electron chi connectivity index (χ0n) is 13.1. The van der Waals surface area contributed by atoms with Gasteiger partial charge in [0.2, 0.25) is 5.95 Å². The normalized spacial score (nSPS) is 12.7. The molecule has 1 N–H and O–H groups in total. The van der Waals surface area contributed by atoms with Crippen LogP contribution in [0.1, 0.15) is 16.7 Å². The van der Waals surface area contributed by atoms with Gasteiger partial charge in [0, 0.05) is 43.2 Å². The smallest absolute Gasteiger partial charge is 0.220 e. The van der Waals surface area contributed by atoms with Crippen molar-refractivity contribution in [1.29, 1.82) is 0 Å². The van der Waals surface area contributed by atoms with E-state index in [-0.39, 0.29) is 0 Å². The first-order valence-corrected chi connectivity index (χ1v) is 7.69. The van der Waals surface area contributed by atoms with Crippen LogP contribution >= 0.6 is 0 Å². The SMILES string of the molecule is CNc1ccc(-c2ccc(C3=Cc4ccncc4C3)c(F)n2)cn1. The van der Waals surface area contributed by atoms with E-state index in [1.54, 1.807) is 25.5 Å². The number of anilines is 1. The molecule has 0 saturated carbocycles. The number of nitrogens with zero attached hydrogens (tertiary/aromatic N) is 3. The van der Waals surface area contributed by atoms with Crippen molar-refractivity contribution in [3.63, 3.8) is 0 Å². The van der Waals surface area contributed by atoms with E-state index in [4.69, 9.17) is 0 Å². The monoisotopic (exact) mass is 318 g/mol. The van der Waals surface area contributed by atoms with E-state index in [0.29, 0.717) is 17.7 Å². The highest BCUT2D eigenvalue weighted by Crippen LogP contribution is 2.32. The minimum atomic E-state index is -0.461. The fraction of sp³-hybridized carbons (Fsp3) is 0.105. The van der Waals surface area contributed by atoms with Gasteiger partial charge in [-0.2, -0.15) is 4.39 Å². The molecule has 1 aliphatic carbocycles. The number of allylic oxidation sites excluding steroid dienone is 1. The van der Waals surface area contributed by atoms with Crippen LogP contribution in [0.2, 0.25) is 0 Å². The Labute approximate surface area is 139 Å². The van der Waals surface area contributed by atoms with Crippen molar-refractivity contribution in [2.45, 2.75) is 6.42 Å². The second kappa shape index (κ2) is 5.85. The lowest BCUT2D eigenvalue weighted by Crippen LogP contribution is -1.97. The molecule has 3 heterocycles. The molecule has 0 bridgehead atoms. The van der Waals surface area contributed by atoms with Crippen molar-refractivity contribution in [1.82, 2.24) is 15.0 Å². The molecule has 0 fully saturated rings. The summed E-state index contributed by atoms with van der Waals surface area (Å²) >= 11 is 0. The van der Waals surface area contributed by atoms with Gasteiger partial charge in [-0.1, -0.05) is 6.08 Å². The first-order chi connectivity index (χ1) is 11.7.